The van der Waals surface area contributed by atoms with E-state index in [1.807, 2.05) is 30.3 Å². The number of Topliss-reactive ketones (excluding diaryl/α,β-unsaturated/α-hetero) is 1. The third-order valence-corrected chi connectivity index (χ3v) is 3.71. The van der Waals surface area contributed by atoms with E-state index < -0.39 is 0 Å². The average Bonchev–Trinajstić information content (AvgIpc) is 2.23. The lowest BCUT2D eigenvalue weighted by atomic mass is 9.83. The zero-order valence-electron chi connectivity index (χ0n) is 7.95. The predicted molar refractivity (Wildman–Crippen MR) is 60.8 cm³/mol. The number of hydrogen-bond acceptors (Lipinski definition) is 1. The van der Waals surface area contributed by atoms with Gasteiger partial charge in [-0.15, -0.1) is 0 Å². The summed E-state index contributed by atoms with van der Waals surface area (Å²) in [6.07, 6.45) is 3.13. The van der Waals surface area contributed by atoms with Crippen LogP contribution in [0.1, 0.15) is 30.7 Å². The fourth-order valence-corrected chi connectivity index (χ4v) is 2.66. The van der Waals surface area contributed by atoms with E-state index in [9.17, 15) is 4.79 Å². The second-order valence-electron chi connectivity index (χ2n) is 3.76. The van der Waals surface area contributed by atoms with E-state index in [1.54, 1.807) is 0 Å². The third kappa shape index (κ3) is 1.90. The topological polar surface area (TPSA) is 17.1 Å². The van der Waals surface area contributed by atoms with Gasteiger partial charge in [0, 0.05) is 5.92 Å². The Morgan fingerprint density at radius 2 is 1.86 bits per heavy atom. The van der Waals surface area contributed by atoms with Crippen LogP contribution in [0.15, 0.2) is 30.3 Å². The van der Waals surface area contributed by atoms with Gasteiger partial charge in [-0.1, -0.05) is 52.7 Å². The summed E-state index contributed by atoms with van der Waals surface area (Å²) >= 11 is 3.44. The van der Waals surface area contributed by atoms with Gasteiger partial charge in [0.15, 0.2) is 5.78 Å². The van der Waals surface area contributed by atoms with Crippen molar-refractivity contribution in [1.82, 2.24) is 0 Å². The summed E-state index contributed by atoms with van der Waals surface area (Å²) in [5.74, 6) is 0.469. The Morgan fingerprint density at radius 1 is 1.14 bits per heavy atom. The van der Waals surface area contributed by atoms with Crippen molar-refractivity contribution in [1.29, 1.82) is 0 Å². The first-order valence-electron chi connectivity index (χ1n) is 5.02. The molecular formula is C12H13BrO. The summed E-state index contributed by atoms with van der Waals surface area (Å²) in [4.78, 5) is 11.9. The molecule has 2 rings (SSSR count). The molecule has 0 N–H and O–H groups in total. The highest BCUT2D eigenvalue weighted by molar-refractivity contribution is 9.10. The number of carbonyl (C=O) groups excluding carboxylic acids is 1. The van der Waals surface area contributed by atoms with Crippen molar-refractivity contribution in [2.75, 3.05) is 0 Å². The first kappa shape index (κ1) is 9.91. The van der Waals surface area contributed by atoms with Gasteiger partial charge >= 0.3 is 0 Å². The molecule has 1 aromatic carbocycles. The maximum Gasteiger partial charge on any atom is 0.153 e. The van der Waals surface area contributed by atoms with Gasteiger partial charge in [0.2, 0.25) is 0 Å². The molecule has 14 heavy (non-hydrogen) atoms. The van der Waals surface area contributed by atoms with Crippen LogP contribution in [0.25, 0.3) is 0 Å². The van der Waals surface area contributed by atoms with Crippen LogP contribution >= 0.6 is 15.9 Å². The zero-order valence-corrected chi connectivity index (χ0v) is 9.53. The number of halogens is 1. The Kier molecular flexibility index (Phi) is 3.02. The molecule has 74 valence electrons. The van der Waals surface area contributed by atoms with Gasteiger partial charge in [-0.25, -0.2) is 0 Å². The molecule has 0 aliphatic heterocycles. The number of carbonyl (C=O) groups is 1. The molecule has 0 amide bonds. The van der Waals surface area contributed by atoms with Crippen LogP contribution in [0.4, 0.5) is 0 Å². The van der Waals surface area contributed by atoms with Crippen molar-refractivity contribution in [3.05, 3.63) is 35.9 Å². The largest absolute Gasteiger partial charge is 0.298 e. The summed E-state index contributed by atoms with van der Waals surface area (Å²) in [7, 11) is 0. The quantitative estimate of drug-likeness (QED) is 0.702. The highest BCUT2D eigenvalue weighted by Crippen LogP contribution is 2.32. The van der Waals surface area contributed by atoms with E-state index in [2.05, 4.69) is 15.9 Å². The van der Waals surface area contributed by atoms with E-state index in [1.165, 1.54) is 5.56 Å². The molecule has 1 nitrogen and oxygen atoms in total. The first-order chi connectivity index (χ1) is 6.79. The minimum absolute atomic E-state index is 0.0708. The van der Waals surface area contributed by atoms with Gasteiger partial charge in [-0.2, -0.15) is 0 Å². The monoisotopic (exact) mass is 252 g/mol. The molecule has 0 radical (unpaired) electrons. The summed E-state index contributed by atoms with van der Waals surface area (Å²) in [6.45, 7) is 0. The van der Waals surface area contributed by atoms with Gasteiger partial charge in [0.25, 0.3) is 0 Å². The van der Waals surface area contributed by atoms with E-state index in [0.29, 0.717) is 5.78 Å². The zero-order chi connectivity index (χ0) is 9.97. The molecular weight excluding hydrogens is 240 g/mol. The second kappa shape index (κ2) is 4.26. The number of rotatable bonds is 1. The van der Waals surface area contributed by atoms with Gasteiger partial charge < -0.3 is 0 Å². The number of alkyl halides is 1. The third-order valence-electron chi connectivity index (χ3n) is 2.80. The lowest BCUT2D eigenvalue weighted by molar-refractivity contribution is -0.121. The molecule has 2 heteroatoms. The number of ketones is 1. The molecule has 1 fully saturated rings. The maximum atomic E-state index is 11.9. The average molecular weight is 253 g/mol. The van der Waals surface area contributed by atoms with Crippen molar-refractivity contribution < 1.29 is 4.79 Å². The van der Waals surface area contributed by atoms with E-state index >= 15 is 0 Å². The lowest BCUT2D eigenvalue weighted by Crippen LogP contribution is -2.26. The Labute approximate surface area is 92.6 Å². The van der Waals surface area contributed by atoms with Crippen molar-refractivity contribution in [2.45, 2.75) is 30.0 Å². The normalized spacial score (nSPS) is 27.6. The van der Waals surface area contributed by atoms with Crippen LogP contribution in [0, 0.1) is 0 Å². The van der Waals surface area contributed by atoms with Gasteiger partial charge in [0.05, 0.1) is 4.83 Å². The minimum atomic E-state index is 0.0708. The molecule has 0 aromatic heterocycles. The summed E-state index contributed by atoms with van der Waals surface area (Å²) in [6, 6.07) is 10.1. The molecule has 1 aliphatic carbocycles. The summed E-state index contributed by atoms with van der Waals surface area (Å²) in [5, 5.41) is 0. The molecule has 0 saturated heterocycles. The molecule has 0 bridgehead atoms. The van der Waals surface area contributed by atoms with Gasteiger partial charge in [0.1, 0.15) is 0 Å². The van der Waals surface area contributed by atoms with Crippen LogP contribution in [0.2, 0.25) is 0 Å². The lowest BCUT2D eigenvalue weighted by Gasteiger charge is -2.24. The van der Waals surface area contributed by atoms with Gasteiger partial charge in [-0.05, 0) is 18.4 Å². The Hall–Kier alpha value is -0.630. The van der Waals surface area contributed by atoms with E-state index in [0.717, 1.165) is 19.3 Å². The van der Waals surface area contributed by atoms with Crippen LogP contribution in [-0.4, -0.2) is 10.6 Å². The Balaban J connectivity index is 2.22. The fraction of sp³-hybridized carbons (Fsp3) is 0.417. The van der Waals surface area contributed by atoms with E-state index in [-0.39, 0.29) is 10.7 Å². The molecule has 1 aliphatic rings. The second-order valence-corrected chi connectivity index (χ2v) is 4.87. The molecule has 0 heterocycles. The predicted octanol–water partition coefficient (Wildman–Crippen LogP) is 3.29. The summed E-state index contributed by atoms with van der Waals surface area (Å²) < 4.78 is 0. The molecule has 1 saturated carbocycles. The highest BCUT2D eigenvalue weighted by atomic mass is 79.9. The molecule has 0 unspecified atom stereocenters. The fourth-order valence-electron chi connectivity index (χ4n) is 2.02. The van der Waals surface area contributed by atoms with Crippen LogP contribution in [0.3, 0.4) is 0 Å². The standard InChI is InChI=1S/C12H13BrO/c13-11-8-4-7-10(12(11)14)9-5-2-1-3-6-9/h1-3,5-6,10-11H,4,7-8H2/t10-,11+/m1/s1. The number of benzene rings is 1. The molecule has 0 spiro atoms. The summed E-state index contributed by atoms with van der Waals surface area (Å²) in [5.41, 5.74) is 1.17. The number of hydrogen-bond donors (Lipinski definition) is 0. The van der Waals surface area contributed by atoms with Crippen molar-refractivity contribution in [3.63, 3.8) is 0 Å². The highest BCUT2D eigenvalue weighted by Gasteiger charge is 2.29. The van der Waals surface area contributed by atoms with Crippen LogP contribution in [0.5, 0.6) is 0 Å². The first-order valence-corrected chi connectivity index (χ1v) is 5.93. The smallest absolute Gasteiger partial charge is 0.153 e. The molecule has 1 aromatic rings. The van der Waals surface area contributed by atoms with E-state index in [4.69, 9.17) is 0 Å². The maximum absolute atomic E-state index is 11.9. The SMILES string of the molecule is O=C1[C@@H](Br)CCC[C@@H]1c1ccccc1. The Bertz CT molecular complexity index is 320. The van der Waals surface area contributed by atoms with Crippen LogP contribution in [-0.2, 0) is 4.79 Å². The van der Waals surface area contributed by atoms with Crippen molar-refractivity contribution in [3.8, 4) is 0 Å². The van der Waals surface area contributed by atoms with Crippen molar-refractivity contribution >= 4 is 21.7 Å². The minimum Gasteiger partial charge on any atom is -0.298 e. The van der Waals surface area contributed by atoms with Crippen LogP contribution < -0.4 is 0 Å². The van der Waals surface area contributed by atoms with Gasteiger partial charge in [-0.3, -0.25) is 4.79 Å². The molecule has 2 atom stereocenters. The van der Waals surface area contributed by atoms with Crippen molar-refractivity contribution in [2.24, 2.45) is 0 Å². The Morgan fingerprint density at radius 3 is 2.57 bits per heavy atom.